The Morgan fingerprint density at radius 3 is 2.58 bits per heavy atom. The maximum atomic E-state index is 12.3. The molecule has 1 aliphatic rings. The summed E-state index contributed by atoms with van der Waals surface area (Å²) in [5.41, 5.74) is 0.801. The summed E-state index contributed by atoms with van der Waals surface area (Å²) in [6, 6.07) is 9.35. The van der Waals surface area contributed by atoms with Crippen LogP contribution in [0.3, 0.4) is 0 Å². The number of carbonyl (C=O) groups is 1. The Bertz CT molecular complexity index is 671. The topological polar surface area (TPSA) is 66.5 Å². The molecule has 24 heavy (non-hydrogen) atoms. The number of likely N-dealkylation sites (N-methyl/N-ethyl adjacent to an activating group) is 1. The van der Waals surface area contributed by atoms with Crippen molar-refractivity contribution in [3.63, 3.8) is 0 Å². The molecule has 5 nitrogen and oxygen atoms in total. The third-order valence-corrected chi connectivity index (χ3v) is 5.97. The number of rotatable bonds is 6. The van der Waals surface area contributed by atoms with Gasteiger partial charge >= 0.3 is 0 Å². The average Bonchev–Trinajstić information content (AvgIpc) is 2.56. The molecule has 1 fully saturated rings. The van der Waals surface area contributed by atoms with Crippen LogP contribution in [0.2, 0.25) is 0 Å². The van der Waals surface area contributed by atoms with Crippen LogP contribution in [-0.4, -0.2) is 38.3 Å². The highest BCUT2D eigenvalue weighted by Gasteiger charge is 2.24. The first-order chi connectivity index (χ1) is 11.4. The van der Waals surface area contributed by atoms with Crippen molar-refractivity contribution in [2.45, 2.75) is 38.6 Å². The van der Waals surface area contributed by atoms with Crippen molar-refractivity contribution in [1.82, 2.24) is 9.62 Å². The van der Waals surface area contributed by atoms with Crippen LogP contribution in [0.4, 0.5) is 0 Å². The van der Waals surface area contributed by atoms with E-state index in [4.69, 9.17) is 0 Å². The molecule has 0 heterocycles. The monoisotopic (exact) mass is 350 g/mol. The lowest BCUT2D eigenvalue weighted by Crippen LogP contribution is -2.45. The lowest BCUT2D eigenvalue weighted by molar-refractivity contribution is -0.122. The number of carbonyl (C=O) groups excluding carboxylic acids is 1. The Labute approximate surface area is 144 Å². The average molecular weight is 350 g/mol. The second-order valence-corrected chi connectivity index (χ2v) is 8.38. The van der Waals surface area contributed by atoms with Crippen molar-refractivity contribution in [2.24, 2.45) is 5.92 Å². The largest absolute Gasteiger partial charge is 0.352 e. The molecular formula is C18H26N2O3S. The molecule has 0 aliphatic heterocycles. The smallest absolute Gasteiger partial charge is 0.236 e. The predicted octanol–water partition coefficient (Wildman–Crippen LogP) is 2.61. The summed E-state index contributed by atoms with van der Waals surface area (Å²) in [6.45, 7) is 1.97. The minimum Gasteiger partial charge on any atom is -0.352 e. The van der Waals surface area contributed by atoms with Gasteiger partial charge in [0.2, 0.25) is 15.9 Å². The second-order valence-electron chi connectivity index (χ2n) is 6.45. The van der Waals surface area contributed by atoms with Gasteiger partial charge in [-0.3, -0.25) is 4.79 Å². The minimum absolute atomic E-state index is 0.155. The van der Waals surface area contributed by atoms with Crippen molar-refractivity contribution >= 4 is 22.0 Å². The molecule has 0 aromatic heterocycles. The van der Waals surface area contributed by atoms with E-state index in [1.54, 1.807) is 0 Å². The lowest BCUT2D eigenvalue weighted by Gasteiger charge is -2.30. The normalized spacial score (nSPS) is 22.0. The van der Waals surface area contributed by atoms with E-state index in [9.17, 15) is 13.2 Å². The van der Waals surface area contributed by atoms with E-state index >= 15 is 0 Å². The molecule has 1 saturated carbocycles. The molecule has 0 bridgehead atoms. The highest BCUT2D eigenvalue weighted by molar-refractivity contribution is 7.92. The molecule has 6 heteroatoms. The zero-order valence-electron chi connectivity index (χ0n) is 14.3. The maximum absolute atomic E-state index is 12.3. The number of hydrogen-bond acceptors (Lipinski definition) is 3. The van der Waals surface area contributed by atoms with Crippen LogP contribution in [0, 0.1) is 5.92 Å². The summed E-state index contributed by atoms with van der Waals surface area (Å²) < 4.78 is 25.6. The fourth-order valence-corrected chi connectivity index (χ4v) is 3.74. The molecule has 0 unspecified atom stereocenters. The highest BCUT2D eigenvalue weighted by Crippen LogP contribution is 2.23. The van der Waals surface area contributed by atoms with Gasteiger partial charge in [0.05, 0.1) is 6.54 Å². The number of sulfonamides is 1. The summed E-state index contributed by atoms with van der Waals surface area (Å²) in [5.74, 6) is 0.204. The van der Waals surface area contributed by atoms with Gasteiger partial charge in [0, 0.05) is 18.5 Å². The number of nitrogens with one attached hydrogen (secondary N) is 1. The van der Waals surface area contributed by atoms with Crippen LogP contribution in [0.1, 0.15) is 38.2 Å². The van der Waals surface area contributed by atoms with Crippen LogP contribution >= 0.6 is 0 Å². The van der Waals surface area contributed by atoms with Gasteiger partial charge in [0.1, 0.15) is 0 Å². The van der Waals surface area contributed by atoms with E-state index in [2.05, 4.69) is 12.2 Å². The summed E-state index contributed by atoms with van der Waals surface area (Å²) in [5, 5.41) is 4.11. The Kier molecular flexibility index (Phi) is 6.57. The molecule has 2 rings (SSSR count). The third kappa shape index (κ3) is 5.46. The third-order valence-electron chi connectivity index (χ3n) is 4.49. The molecule has 0 saturated heterocycles. The first-order valence-electron chi connectivity index (χ1n) is 8.37. The molecule has 132 valence electrons. The summed E-state index contributed by atoms with van der Waals surface area (Å²) >= 11 is 0. The number of hydrogen-bond donors (Lipinski definition) is 1. The van der Waals surface area contributed by atoms with E-state index in [1.807, 2.05) is 30.3 Å². The Balaban J connectivity index is 1.91. The first-order valence-corrected chi connectivity index (χ1v) is 9.87. The van der Waals surface area contributed by atoms with E-state index in [0.29, 0.717) is 5.92 Å². The van der Waals surface area contributed by atoms with Crippen molar-refractivity contribution in [2.75, 3.05) is 13.6 Å². The fourth-order valence-electron chi connectivity index (χ4n) is 2.91. The standard InChI is InChI=1S/C18H26N2O3S/c1-15-8-6-7-11-17(15)19-18(21)14-20(2)24(22,23)13-12-16-9-4-3-5-10-16/h3-5,9-10,12-13,15,17H,6-8,11,14H2,1-2H3,(H,19,21)/b13-12+/t15-,17-/m1/s1. The molecule has 1 N–H and O–H groups in total. The fraction of sp³-hybridized carbons (Fsp3) is 0.500. The summed E-state index contributed by atoms with van der Waals surface area (Å²) in [6.07, 6.45) is 5.93. The van der Waals surface area contributed by atoms with Gasteiger partial charge < -0.3 is 5.32 Å². The summed E-state index contributed by atoms with van der Waals surface area (Å²) in [7, 11) is -2.19. The lowest BCUT2D eigenvalue weighted by atomic mass is 9.86. The maximum Gasteiger partial charge on any atom is 0.236 e. The summed E-state index contributed by atoms with van der Waals surface area (Å²) in [4.78, 5) is 12.1. The second kappa shape index (κ2) is 8.44. The van der Waals surface area contributed by atoms with Crippen molar-refractivity contribution in [1.29, 1.82) is 0 Å². The van der Waals surface area contributed by atoms with Crippen LogP contribution < -0.4 is 5.32 Å². The number of nitrogens with zero attached hydrogens (tertiary/aromatic N) is 1. The van der Waals surface area contributed by atoms with E-state index in [1.165, 1.54) is 19.5 Å². The Morgan fingerprint density at radius 2 is 1.92 bits per heavy atom. The van der Waals surface area contributed by atoms with Crippen LogP contribution in [0.25, 0.3) is 6.08 Å². The van der Waals surface area contributed by atoms with Gasteiger partial charge in [-0.1, -0.05) is 50.1 Å². The quantitative estimate of drug-likeness (QED) is 0.857. The van der Waals surface area contributed by atoms with Crippen LogP contribution in [0.5, 0.6) is 0 Å². The number of amides is 1. The zero-order valence-corrected chi connectivity index (χ0v) is 15.1. The molecule has 1 amide bonds. The van der Waals surface area contributed by atoms with Crippen LogP contribution in [-0.2, 0) is 14.8 Å². The molecule has 1 aromatic rings. The van der Waals surface area contributed by atoms with Gasteiger partial charge in [-0.15, -0.1) is 0 Å². The van der Waals surface area contributed by atoms with Crippen molar-refractivity contribution < 1.29 is 13.2 Å². The predicted molar refractivity (Wildman–Crippen MR) is 96.6 cm³/mol. The Morgan fingerprint density at radius 1 is 1.25 bits per heavy atom. The molecule has 1 aliphatic carbocycles. The molecule has 2 atom stereocenters. The molecular weight excluding hydrogens is 324 g/mol. The molecule has 0 radical (unpaired) electrons. The number of benzene rings is 1. The van der Waals surface area contributed by atoms with E-state index in [-0.39, 0.29) is 18.5 Å². The Hall–Kier alpha value is -1.66. The van der Waals surface area contributed by atoms with Crippen molar-refractivity contribution in [3.8, 4) is 0 Å². The van der Waals surface area contributed by atoms with E-state index in [0.717, 1.165) is 34.5 Å². The zero-order chi connectivity index (χ0) is 17.6. The minimum atomic E-state index is -3.62. The molecule has 0 spiro atoms. The SMILES string of the molecule is C[C@@H]1CCCC[C@H]1NC(=O)CN(C)S(=O)(=O)/C=C/c1ccccc1. The first kappa shape index (κ1) is 18.7. The van der Waals surface area contributed by atoms with Crippen LogP contribution in [0.15, 0.2) is 35.7 Å². The highest BCUT2D eigenvalue weighted by atomic mass is 32.2. The van der Waals surface area contributed by atoms with Gasteiger partial charge in [-0.05, 0) is 30.4 Å². The van der Waals surface area contributed by atoms with Gasteiger partial charge in [0.15, 0.2) is 0 Å². The van der Waals surface area contributed by atoms with Crippen molar-refractivity contribution in [3.05, 3.63) is 41.3 Å². The van der Waals surface area contributed by atoms with Gasteiger partial charge in [0.25, 0.3) is 0 Å². The molecule has 1 aromatic carbocycles. The van der Waals surface area contributed by atoms with Gasteiger partial charge in [-0.2, -0.15) is 4.31 Å². The van der Waals surface area contributed by atoms with E-state index < -0.39 is 10.0 Å². The van der Waals surface area contributed by atoms with Gasteiger partial charge in [-0.25, -0.2) is 8.42 Å².